The Morgan fingerprint density at radius 3 is 2.45 bits per heavy atom. The first-order valence-electron chi connectivity index (χ1n) is 9.28. The Morgan fingerprint density at radius 1 is 1.07 bits per heavy atom. The summed E-state index contributed by atoms with van der Waals surface area (Å²) in [5.74, 6) is 0.256. The second-order valence-corrected chi connectivity index (χ2v) is 7.23. The fourth-order valence-corrected chi connectivity index (χ4v) is 3.41. The predicted octanol–water partition coefficient (Wildman–Crippen LogP) is 2.37. The van der Waals surface area contributed by atoms with Crippen LogP contribution in [0.2, 0.25) is 0 Å². The summed E-state index contributed by atoms with van der Waals surface area (Å²) in [6, 6.07) is 13.2. The molecule has 29 heavy (non-hydrogen) atoms. The van der Waals surface area contributed by atoms with Crippen molar-refractivity contribution in [3.8, 4) is 0 Å². The van der Waals surface area contributed by atoms with E-state index in [0.29, 0.717) is 22.5 Å². The van der Waals surface area contributed by atoms with E-state index in [9.17, 15) is 9.59 Å². The minimum absolute atomic E-state index is 0.185. The molecule has 148 valence electrons. The van der Waals surface area contributed by atoms with Crippen LogP contribution >= 0.6 is 0 Å². The summed E-state index contributed by atoms with van der Waals surface area (Å²) in [7, 11) is 3.68. The van der Waals surface area contributed by atoms with Crippen LogP contribution in [0.25, 0.3) is 16.7 Å². The molecule has 2 aromatic heterocycles. The quantitative estimate of drug-likeness (QED) is 0.578. The summed E-state index contributed by atoms with van der Waals surface area (Å²) >= 11 is 0. The monoisotopic (exact) mass is 390 g/mol. The first-order valence-corrected chi connectivity index (χ1v) is 9.28. The first-order chi connectivity index (χ1) is 13.9. The maximum absolute atomic E-state index is 13.1. The number of carbonyl (C=O) groups excluding carboxylic acids is 1. The number of para-hydroxylation sites is 3. The molecular weight excluding hydrogens is 368 g/mol. The van der Waals surface area contributed by atoms with Crippen molar-refractivity contribution in [2.45, 2.75) is 20.4 Å². The highest BCUT2D eigenvalue weighted by Gasteiger charge is 2.19. The maximum atomic E-state index is 13.1. The van der Waals surface area contributed by atoms with Crippen LogP contribution in [0, 0.1) is 13.8 Å². The van der Waals surface area contributed by atoms with E-state index in [0.717, 1.165) is 16.8 Å². The van der Waals surface area contributed by atoms with Crippen molar-refractivity contribution < 1.29 is 4.79 Å². The minimum atomic E-state index is -0.377. The summed E-state index contributed by atoms with van der Waals surface area (Å²) < 4.78 is 2.68. The third-order valence-corrected chi connectivity index (χ3v) is 4.85. The first kappa shape index (κ1) is 18.7. The van der Waals surface area contributed by atoms with Crippen LogP contribution in [0.15, 0.2) is 47.3 Å². The fraction of sp³-hybridized carbons (Fsp3) is 0.238. The molecule has 0 aliphatic carbocycles. The Hall–Kier alpha value is -3.68. The molecule has 4 rings (SSSR count). The van der Waals surface area contributed by atoms with E-state index in [4.69, 9.17) is 0 Å². The molecule has 8 nitrogen and oxygen atoms in total. The number of nitrogens with one attached hydrogen (secondary N) is 1. The van der Waals surface area contributed by atoms with Gasteiger partial charge in [-0.05, 0) is 37.1 Å². The van der Waals surface area contributed by atoms with Gasteiger partial charge in [0.25, 0.3) is 0 Å². The van der Waals surface area contributed by atoms with Crippen molar-refractivity contribution >= 4 is 34.1 Å². The standard InChI is InChI=1S/C21H22N6O2/c1-13-8-7-9-14(2)18(13)23-17(28)12-26-21(29)27-16-11-6-5-10-15(16)22-19(25(3)4)20(27)24-26/h5-11H,12H2,1-4H3,(H,23,28). The van der Waals surface area contributed by atoms with E-state index in [1.807, 2.05) is 70.4 Å². The molecule has 4 aromatic rings. The van der Waals surface area contributed by atoms with Gasteiger partial charge in [-0.3, -0.25) is 4.79 Å². The van der Waals surface area contributed by atoms with Crippen molar-refractivity contribution in [3.63, 3.8) is 0 Å². The largest absolute Gasteiger partial charge is 0.360 e. The number of anilines is 2. The number of rotatable bonds is 4. The Bertz CT molecular complexity index is 1280. The molecule has 0 fully saturated rings. The Kier molecular flexibility index (Phi) is 4.54. The summed E-state index contributed by atoms with van der Waals surface area (Å²) in [6.45, 7) is 3.68. The molecule has 0 saturated carbocycles. The smallest absolute Gasteiger partial charge is 0.351 e. The molecule has 0 bridgehead atoms. The molecule has 0 aliphatic heterocycles. The Labute approximate surface area is 167 Å². The van der Waals surface area contributed by atoms with Crippen LogP contribution in [-0.2, 0) is 11.3 Å². The maximum Gasteiger partial charge on any atom is 0.351 e. The van der Waals surface area contributed by atoms with Crippen LogP contribution in [0.1, 0.15) is 11.1 Å². The molecule has 0 spiro atoms. The van der Waals surface area contributed by atoms with Crippen molar-refractivity contribution in [1.29, 1.82) is 0 Å². The van der Waals surface area contributed by atoms with E-state index in [2.05, 4.69) is 15.4 Å². The predicted molar refractivity (Wildman–Crippen MR) is 114 cm³/mol. The van der Waals surface area contributed by atoms with Gasteiger partial charge in [0, 0.05) is 19.8 Å². The van der Waals surface area contributed by atoms with E-state index in [1.165, 1.54) is 9.08 Å². The van der Waals surface area contributed by atoms with Gasteiger partial charge in [0.05, 0.1) is 11.0 Å². The number of amides is 1. The number of hydrogen-bond acceptors (Lipinski definition) is 5. The van der Waals surface area contributed by atoms with Gasteiger partial charge in [-0.2, -0.15) is 0 Å². The third kappa shape index (κ3) is 3.22. The molecule has 1 N–H and O–H groups in total. The van der Waals surface area contributed by atoms with Crippen molar-refractivity contribution in [2.75, 3.05) is 24.3 Å². The lowest BCUT2D eigenvalue weighted by Crippen LogP contribution is -2.28. The molecule has 2 heterocycles. The second-order valence-electron chi connectivity index (χ2n) is 7.23. The molecule has 0 atom stereocenters. The SMILES string of the molecule is Cc1cccc(C)c1NC(=O)Cn1nc2c(N(C)C)nc3ccccc3n2c1=O. The molecule has 0 saturated heterocycles. The number of hydrogen-bond donors (Lipinski definition) is 1. The zero-order valence-electron chi connectivity index (χ0n) is 16.8. The van der Waals surface area contributed by atoms with Gasteiger partial charge >= 0.3 is 5.69 Å². The molecule has 8 heteroatoms. The van der Waals surface area contributed by atoms with Crippen LogP contribution < -0.4 is 15.9 Å². The van der Waals surface area contributed by atoms with Crippen LogP contribution in [0.5, 0.6) is 0 Å². The van der Waals surface area contributed by atoms with Crippen LogP contribution in [-0.4, -0.2) is 39.2 Å². The highest BCUT2D eigenvalue weighted by Crippen LogP contribution is 2.21. The molecule has 0 radical (unpaired) electrons. The topological polar surface area (TPSA) is 84.5 Å². The molecule has 0 aliphatic rings. The van der Waals surface area contributed by atoms with Gasteiger partial charge in [0.2, 0.25) is 11.6 Å². The summed E-state index contributed by atoms with van der Waals surface area (Å²) in [4.78, 5) is 32.1. The van der Waals surface area contributed by atoms with Crippen molar-refractivity contribution in [1.82, 2.24) is 19.2 Å². The number of aryl methyl sites for hydroxylation is 2. The molecule has 1 amide bonds. The van der Waals surface area contributed by atoms with E-state index < -0.39 is 0 Å². The summed E-state index contributed by atoms with van der Waals surface area (Å²) in [5, 5.41) is 7.31. The van der Waals surface area contributed by atoms with E-state index in [1.54, 1.807) is 4.90 Å². The average Bonchev–Trinajstić information content (AvgIpc) is 3.00. The minimum Gasteiger partial charge on any atom is -0.360 e. The second kappa shape index (κ2) is 7.05. The number of aromatic nitrogens is 4. The summed E-state index contributed by atoms with van der Waals surface area (Å²) in [5.41, 5.74) is 4.06. The fourth-order valence-electron chi connectivity index (χ4n) is 3.41. The lowest BCUT2D eigenvalue weighted by molar-refractivity contribution is -0.117. The summed E-state index contributed by atoms with van der Waals surface area (Å²) in [6.07, 6.45) is 0. The normalized spacial score (nSPS) is 11.2. The van der Waals surface area contributed by atoms with Crippen molar-refractivity contribution in [3.05, 3.63) is 64.1 Å². The van der Waals surface area contributed by atoms with E-state index in [-0.39, 0.29) is 18.1 Å². The van der Waals surface area contributed by atoms with Crippen molar-refractivity contribution in [2.24, 2.45) is 0 Å². The number of nitrogens with zero attached hydrogens (tertiary/aromatic N) is 5. The highest BCUT2D eigenvalue weighted by molar-refractivity contribution is 5.92. The number of carbonyl (C=O) groups is 1. The Morgan fingerprint density at radius 2 is 1.76 bits per heavy atom. The van der Waals surface area contributed by atoms with Gasteiger partial charge in [0.15, 0.2) is 5.82 Å². The average molecular weight is 390 g/mol. The lowest BCUT2D eigenvalue weighted by Gasteiger charge is -2.12. The van der Waals surface area contributed by atoms with Gasteiger partial charge < -0.3 is 10.2 Å². The number of fused-ring (bicyclic) bond motifs is 3. The van der Waals surface area contributed by atoms with Gasteiger partial charge in [0.1, 0.15) is 6.54 Å². The van der Waals surface area contributed by atoms with Crippen LogP contribution in [0.4, 0.5) is 11.5 Å². The van der Waals surface area contributed by atoms with Gasteiger partial charge in [-0.1, -0.05) is 30.3 Å². The van der Waals surface area contributed by atoms with Gasteiger partial charge in [-0.15, -0.1) is 5.10 Å². The van der Waals surface area contributed by atoms with Crippen LogP contribution in [0.3, 0.4) is 0 Å². The number of benzene rings is 2. The molecule has 2 aromatic carbocycles. The Balaban J connectivity index is 1.78. The molecule has 0 unspecified atom stereocenters. The molecular formula is C21H22N6O2. The van der Waals surface area contributed by atoms with Gasteiger partial charge in [-0.25, -0.2) is 18.9 Å². The van der Waals surface area contributed by atoms with E-state index >= 15 is 0 Å². The highest BCUT2D eigenvalue weighted by atomic mass is 16.2. The lowest BCUT2D eigenvalue weighted by atomic mass is 10.1. The third-order valence-electron chi connectivity index (χ3n) is 4.85. The zero-order chi connectivity index (χ0) is 20.7. The zero-order valence-corrected chi connectivity index (χ0v) is 16.8.